The second-order valence-corrected chi connectivity index (χ2v) is 7.34. The van der Waals surface area contributed by atoms with Crippen LogP contribution < -0.4 is 14.2 Å². The number of unbranched alkanes of at least 4 members (excludes halogenated alkanes) is 2. The SMILES string of the molecule is C/C=C/COc1cc(C)c(OCCCCCOc2ccc(CC=NOC)cc2)c(C)c1. The largest absolute Gasteiger partial charge is 0.494 e. The minimum Gasteiger partial charge on any atom is -0.494 e. The summed E-state index contributed by atoms with van der Waals surface area (Å²) in [5.41, 5.74) is 3.39. The van der Waals surface area contributed by atoms with Crippen molar-refractivity contribution in [3.8, 4) is 17.2 Å². The number of allylic oxidation sites excluding steroid dienone is 1. The molecule has 0 unspecified atom stereocenters. The lowest BCUT2D eigenvalue weighted by molar-refractivity contribution is 0.215. The Morgan fingerprint density at radius 3 is 2.16 bits per heavy atom. The van der Waals surface area contributed by atoms with Gasteiger partial charge in [-0.15, -0.1) is 0 Å². The van der Waals surface area contributed by atoms with E-state index in [1.807, 2.05) is 55.5 Å². The predicted octanol–water partition coefficient (Wildman–Crippen LogP) is 6.06. The second-order valence-electron chi connectivity index (χ2n) is 7.34. The molecule has 0 amide bonds. The summed E-state index contributed by atoms with van der Waals surface area (Å²) in [4.78, 5) is 4.67. The minimum atomic E-state index is 0.588. The monoisotopic (exact) mass is 425 g/mol. The molecule has 0 fully saturated rings. The van der Waals surface area contributed by atoms with Crippen molar-refractivity contribution in [3.05, 3.63) is 65.2 Å². The van der Waals surface area contributed by atoms with Gasteiger partial charge < -0.3 is 19.0 Å². The zero-order valence-corrected chi connectivity index (χ0v) is 19.2. The van der Waals surface area contributed by atoms with E-state index in [1.165, 1.54) is 5.56 Å². The highest BCUT2D eigenvalue weighted by atomic mass is 16.6. The summed E-state index contributed by atoms with van der Waals surface area (Å²) < 4.78 is 17.6. The fourth-order valence-corrected chi connectivity index (χ4v) is 3.15. The van der Waals surface area contributed by atoms with Crippen LogP contribution in [-0.4, -0.2) is 33.1 Å². The van der Waals surface area contributed by atoms with Crippen LogP contribution in [0.1, 0.15) is 42.9 Å². The molecule has 5 heteroatoms. The molecule has 0 N–H and O–H groups in total. The lowest BCUT2D eigenvalue weighted by Gasteiger charge is -2.14. The molecule has 168 valence electrons. The van der Waals surface area contributed by atoms with Crippen molar-refractivity contribution in [1.29, 1.82) is 0 Å². The first-order valence-corrected chi connectivity index (χ1v) is 10.9. The van der Waals surface area contributed by atoms with E-state index in [1.54, 1.807) is 13.3 Å². The molecular formula is C26H35NO4. The van der Waals surface area contributed by atoms with Gasteiger partial charge in [-0.3, -0.25) is 0 Å². The number of benzene rings is 2. The van der Waals surface area contributed by atoms with Crippen LogP contribution in [0.2, 0.25) is 0 Å². The topological polar surface area (TPSA) is 49.3 Å². The van der Waals surface area contributed by atoms with Crippen molar-refractivity contribution in [2.45, 2.75) is 46.5 Å². The van der Waals surface area contributed by atoms with Crippen LogP contribution in [0.15, 0.2) is 53.7 Å². The average molecular weight is 426 g/mol. The highest BCUT2D eigenvalue weighted by molar-refractivity contribution is 5.60. The number of rotatable bonds is 14. The summed E-state index contributed by atoms with van der Waals surface area (Å²) >= 11 is 0. The van der Waals surface area contributed by atoms with E-state index in [0.717, 1.165) is 54.1 Å². The molecule has 2 aromatic rings. The quantitative estimate of drug-likeness (QED) is 0.160. The molecule has 0 aromatic heterocycles. The normalized spacial score (nSPS) is 11.2. The summed E-state index contributed by atoms with van der Waals surface area (Å²) in [5.74, 6) is 2.74. The van der Waals surface area contributed by atoms with Crippen LogP contribution in [-0.2, 0) is 11.3 Å². The number of oxime groups is 1. The van der Waals surface area contributed by atoms with Gasteiger partial charge in [0.2, 0.25) is 0 Å². The third-order valence-electron chi connectivity index (χ3n) is 4.75. The van der Waals surface area contributed by atoms with Gasteiger partial charge in [-0.2, -0.15) is 0 Å². The third-order valence-corrected chi connectivity index (χ3v) is 4.75. The van der Waals surface area contributed by atoms with Crippen LogP contribution in [0.3, 0.4) is 0 Å². The van der Waals surface area contributed by atoms with Crippen LogP contribution in [0, 0.1) is 13.8 Å². The summed E-state index contributed by atoms with van der Waals surface area (Å²) in [6.07, 6.45) is 9.54. The number of hydrogen-bond donors (Lipinski definition) is 0. The summed E-state index contributed by atoms with van der Waals surface area (Å²) in [6, 6.07) is 12.2. The van der Waals surface area contributed by atoms with Gasteiger partial charge in [-0.05, 0) is 81.0 Å². The van der Waals surface area contributed by atoms with Gasteiger partial charge in [-0.25, -0.2) is 0 Å². The van der Waals surface area contributed by atoms with Crippen molar-refractivity contribution >= 4 is 6.21 Å². The maximum absolute atomic E-state index is 6.04. The van der Waals surface area contributed by atoms with E-state index in [4.69, 9.17) is 14.2 Å². The van der Waals surface area contributed by atoms with E-state index in [-0.39, 0.29) is 0 Å². The highest BCUT2D eigenvalue weighted by Gasteiger charge is 2.07. The van der Waals surface area contributed by atoms with Crippen molar-refractivity contribution in [1.82, 2.24) is 0 Å². The summed E-state index contributed by atoms with van der Waals surface area (Å²) in [7, 11) is 1.54. The maximum Gasteiger partial charge on any atom is 0.125 e. The first-order valence-electron chi connectivity index (χ1n) is 10.9. The molecule has 0 aliphatic carbocycles. The zero-order chi connectivity index (χ0) is 22.3. The molecule has 0 saturated carbocycles. The van der Waals surface area contributed by atoms with E-state index < -0.39 is 0 Å². The number of ether oxygens (including phenoxy) is 3. The third kappa shape index (κ3) is 9.16. The molecule has 0 saturated heterocycles. The summed E-state index contributed by atoms with van der Waals surface area (Å²) in [5, 5.41) is 3.75. The average Bonchev–Trinajstić information content (AvgIpc) is 2.76. The zero-order valence-electron chi connectivity index (χ0n) is 19.2. The Morgan fingerprint density at radius 2 is 1.52 bits per heavy atom. The van der Waals surface area contributed by atoms with Gasteiger partial charge in [0.15, 0.2) is 0 Å². The molecule has 0 radical (unpaired) electrons. The van der Waals surface area contributed by atoms with Gasteiger partial charge >= 0.3 is 0 Å². The smallest absolute Gasteiger partial charge is 0.125 e. The fraction of sp³-hybridized carbons (Fsp3) is 0.423. The first kappa shape index (κ1) is 24.3. The van der Waals surface area contributed by atoms with Crippen molar-refractivity contribution in [2.24, 2.45) is 5.16 Å². The Morgan fingerprint density at radius 1 is 0.839 bits per heavy atom. The lowest BCUT2D eigenvalue weighted by Crippen LogP contribution is -2.03. The Balaban J connectivity index is 1.63. The summed E-state index contributed by atoms with van der Waals surface area (Å²) in [6.45, 7) is 8.12. The Hall–Kier alpha value is -2.95. The van der Waals surface area contributed by atoms with Crippen LogP contribution in [0.25, 0.3) is 0 Å². The maximum atomic E-state index is 6.04. The molecule has 2 aromatic carbocycles. The van der Waals surface area contributed by atoms with E-state index in [9.17, 15) is 0 Å². The number of nitrogens with zero attached hydrogens (tertiary/aromatic N) is 1. The Labute approximate surface area is 186 Å². The fourth-order valence-electron chi connectivity index (χ4n) is 3.15. The Kier molecular flexibility index (Phi) is 11.1. The number of hydrogen-bond acceptors (Lipinski definition) is 5. The number of aryl methyl sites for hydroxylation is 2. The second kappa shape index (κ2) is 14.1. The first-order chi connectivity index (χ1) is 15.1. The van der Waals surface area contributed by atoms with Crippen LogP contribution in [0.5, 0.6) is 17.2 Å². The van der Waals surface area contributed by atoms with E-state index in [0.29, 0.717) is 19.8 Å². The van der Waals surface area contributed by atoms with Crippen molar-refractivity contribution < 1.29 is 19.0 Å². The molecular weight excluding hydrogens is 390 g/mol. The molecule has 0 heterocycles. The van der Waals surface area contributed by atoms with Gasteiger partial charge in [-0.1, -0.05) is 29.4 Å². The predicted molar refractivity (Wildman–Crippen MR) is 127 cm³/mol. The molecule has 0 bridgehead atoms. The van der Waals surface area contributed by atoms with Crippen LogP contribution >= 0.6 is 0 Å². The lowest BCUT2D eigenvalue weighted by atomic mass is 10.1. The van der Waals surface area contributed by atoms with Gasteiger partial charge in [0.25, 0.3) is 0 Å². The van der Waals surface area contributed by atoms with E-state index in [2.05, 4.69) is 23.8 Å². The van der Waals surface area contributed by atoms with Gasteiger partial charge in [0.05, 0.1) is 13.2 Å². The van der Waals surface area contributed by atoms with Gasteiger partial charge in [0.1, 0.15) is 31.0 Å². The standard InChI is InChI=1S/C26H35NO4/c1-5-6-16-30-25-19-21(2)26(22(3)20-25)31-18-9-7-8-17-29-24-12-10-23(11-13-24)14-15-27-28-4/h5-6,10-13,15,19-20H,7-9,14,16-18H2,1-4H3/b6-5+,27-15?. The molecule has 0 spiro atoms. The molecule has 2 rings (SSSR count). The molecule has 0 aliphatic rings. The highest BCUT2D eigenvalue weighted by Crippen LogP contribution is 2.28. The molecule has 5 nitrogen and oxygen atoms in total. The van der Waals surface area contributed by atoms with E-state index >= 15 is 0 Å². The van der Waals surface area contributed by atoms with Crippen molar-refractivity contribution in [3.63, 3.8) is 0 Å². The Bertz CT molecular complexity index is 805. The van der Waals surface area contributed by atoms with Crippen LogP contribution in [0.4, 0.5) is 0 Å². The molecule has 0 atom stereocenters. The van der Waals surface area contributed by atoms with Gasteiger partial charge in [0, 0.05) is 12.6 Å². The molecule has 0 aliphatic heterocycles. The minimum absolute atomic E-state index is 0.588. The van der Waals surface area contributed by atoms with Crippen molar-refractivity contribution in [2.75, 3.05) is 26.9 Å². The molecule has 31 heavy (non-hydrogen) atoms.